The normalized spacial score (nSPS) is 24.7. The van der Waals surface area contributed by atoms with Gasteiger partial charge in [-0.05, 0) is 68.9 Å². The standard InChI is InChI=1S/C26H29N5O5S/c1-14-12-17(36-16-5-2-6-16)7-8-18(14)31-19-9-10-27-24-20(19)21(29-25(31)33)22(37-24)23(32)28-15-4-3-11-30(13-15)26(34)35/h7-10,12,15-16,21-22H,2-6,11,13H2,1H3,(H,28,32)(H,29,33)(H,34,35)/t15-,21?,22?/m1/s1. The first-order chi connectivity index (χ1) is 17.9. The van der Waals surface area contributed by atoms with Gasteiger partial charge in [-0.1, -0.05) is 11.8 Å². The number of piperidine rings is 1. The van der Waals surface area contributed by atoms with Gasteiger partial charge in [0.1, 0.15) is 16.0 Å². The summed E-state index contributed by atoms with van der Waals surface area (Å²) in [5.74, 6) is 0.580. The molecule has 4 amide bonds. The molecule has 2 fully saturated rings. The van der Waals surface area contributed by atoms with E-state index in [1.165, 1.54) is 23.1 Å². The van der Waals surface area contributed by atoms with E-state index < -0.39 is 17.4 Å². The van der Waals surface area contributed by atoms with Crippen molar-refractivity contribution in [1.29, 1.82) is 0 Å². The number of anilines is 2. The van der Waals surface area contributed by atoms with Crippen LogP contribution in [0.3, 0.4) is 0 Å². The number of aromatic nitrogens is 1. The van der Waals surface area contributed by atoms with E-state index in [0.717, 1.165) is 35.4 Å². The van der Waals surface area contributed by atoms with Crippen LogP contribution in [0.15, 0.2) is 35.5 Å². The van der Waals surface area contributed by atoms with Crippen molar-refractivity contribution in [1.82, 2.24) is 20.5 Å². The summed E-state index contributed by atoms with van der Waals surface area (Å²) in [7, 11) is 0. The Morgan fingerprint density at radius 3 is 2.76 bits per heavy atom. The fraction of sp³-hybridized carbons (Fsp3) is 0.462. The molecule has 0 spiro atoms. The molecule has 1 saturated heterocycles. The summed E-state index contributed by atoms with van der Waals surface area (Å²) in [6.45, 7) is 2.69. The Balaban J connectivity index is 1.23. The van der Waals surface area contributed by atoms with Gasteiger partial charge in [-0.15, -0.1) is 0 Å². The monoisotopic (exact) mass is 523 g/mol. The summed E-state index contributed by atoms with van der Waals surface area (Å²) < 4.78 is 6.03. The number of thioether (sulfide) groups is 1. The highest BCUT2D eigenvalue weighted by atomic mass is 32.2. The topological polar surface area (TPSA) is 124 Å². The molecular weight excluding hydrogens is 494 g/mol. The molecule has 0 bridgehead atoms. The Bertz CT molecular complexity index is 1270. The number of carbonyl (C=O) groups is 3. The maximum atomic E-state index is 13.4. The lowest BCUT2D eigenvalue weighted by atomic mass is 9.96. The molecule has 2 aromatic rings. The summed E-state index contributed by atoms with van der Waals surface area (Å²) in [6, 6.07) is 6.50. The van der Waals surface area contributed by atoms with Crippen molar-refractivity contribution >= 4 is 41.2 Å². The number of benzene rings is 1. The Labute approximate surface area is 218 Å². The van der Waals surface area contributed by atoms with Gasteiger partial charge in [0.2, 0.25) is 5.91 Å². The number of nitrogens with zero attached hydrogens (tertiary/aromatic N) is 3. The fourth-order valence-electron chi connectivity index (χ4n) is 5.45. The van der Waals surface area contributed by atoms with Crippen LogP contribution in [0.5, 0.6) is 5.75 Å². The molecule has 2 unspecified atom stereocenters. The molecule has 194 valence electrons. The molecule has 1 saturated carbocycles. The zero-order valence-corrected chi connectivity index (χ0v) is 21.3. The van der Waals surface area contributed by atoms with E-state index in [4.69, 9.17) is 4.74 Å². The molecule has 1 aliphatic carbocycles. The molecule has 37 heavy (non-hydrogen) atoms. The molecule has 6 rings (SSSR count). The number of amides is 4. The molecular formula is C26H29N5O5S. The number of urea groups is 1. The van der Waals surface area contributed by atoms with Gasteiger partial charge in [0.25, 0.3) is 0 Å². The van der Waals surface area contributed by atoms with Crippen molar-refractivity contribution in [3.8, 4) is 5.75 Å². The quantitative estimate of drug-likeness (QED) is 0.542. The minimum Gasteiger partial charge on any atom is -0.490 e. The highest BCUT2D eigenvalue weighted by Gasteiger charge is 2.47. The Kier molecular flexibility index (Phi) is 6.10. The van der Waals surface area contributed by atoms with E-state index in [-0.39, 0.29) is 30.6 Å². The Morgan fingerprint density at radius 2 is 2.03 bits per heavy atom. The van der Waals surface area contributed by atoms with Gasteiger partial charge in [-0.25, -0.2) is 14.6 Å². The van der Waals surface area contributed by atoms with Crippen LogP contribution in [-0.2, 0) is 4.79 Å². The zero-order valence-electron chi connectivity index (χ0n) is 20.5. The van der Waals surface area contributed by atoms with Crippen LogP contribution >= 0.6 is 11.8 Å². The first-order valence-corrected chi connectivity index (χ1v) is 13.6. The van der Waals surface area contributed by atoms with Gasteiger partial charge < -0.3 is 25.4 Å². The Morgan fingerprint density at radius 1 is 1.19 bits per heavy atom. The number of likely N-dealkylation sites (tertiary alicyclic amines) is 1. The van der Waals surface area contributed by atoms with E-state index >= 15 is 0 Å². The van der Waals surface area contributed by atoms with Gasteiger partial charge in [0.05, 0.1) is 23.5 Å². The largest absolute Gasteiger partial charge is 0.490 e. The maximum Gasteiger partial charge on any atom is 0.407 e. The number of hydrogen-bond donors (Lipinski definition) is 3. The molecule has 3 aliphatic heterocycles. The van der Waals surface area contributed by atoms with Crippen LogP contribution in [0.25, 0.3) is 0 Å². The number of rotatable bonds is 5. The predicted octanol–water partition coefficient (Wildman–Crippen LogP) is 3.96. The lowest BCUT2D eigenvalue weighted by molar-refractivity contribution is -0.122. The fourth-order valence-corrected chi connectivity index (χ4v) is 6.69. The number of carboxylic acid groups (broad SMARTS) is 1. The minimum absolute atomic E-state index is 0.224. The van der Waals surface area contributed by atoms with Crippen molar-refractivity contribution in [3.05, 3.63) is 41.6 Å². The highest BCUT2D eigenvalue weighted by molar-refractivity contribution is 8.01. The summed E-state index contributed by atoms with van der Waals surface area (Å²) in [6.07, 6.45) is 5.72. The number of carbonyl (C=O) groups excluding carboxylic acids is 2. The Hall–Kier alpha value is -3.47. The van der Waals surface area contributed by atoms with E-state index in [2.05, 4.69) is 15.6 Å². The molecule has 3 N–H and O–H groups in total. The smallest absolute Gasteiger partial charge is 0.407 e. The average Bonchev–Trinajstić information content (AvgIpc) is 3.22. The third-order valence-corrected chi connectivity index (χ3v) is 8.86. The van der Waals surface area contributed by atoms with Crippen LogP contribution in [0.4, 0.5) is 21.0 Å². The lowest BCUT2D eigenvalue weighted by Gasteiger charge is -2.36. The molecule has 4 aliphatic rings. The number of aryl methyl sites for hydroxylation is 1. The number of nitrogens with one attached hydrogen (secondary N) is 2. The van der Waals surface area contributed by atoms with E-state index in [1.807, 2.05) is 31.2 Å². The van der Waals surface area contributed by atoms with Crippen LogP contribution in [0.2, 0.25) is 0 Å². The molecule has 1 aromatic carbocycles. The van der Waals surface area contributed by atoms with Crippen molar-refractivity contribution in [2.75, 3.05) is 18.0 Å². The van der Waals surface area contributed by atoms with Gasteiger partial charge in [-0.2, -0.15) is 0 Å². The average molecular weight is 524 g/mol. The second-order valence-corrected chi connectivity index (χ2v) is 11.2. The third kappa shape index (κ3) is 4.35. The molecule has 10 nitrogen and oxygen atoms in total. The summed E-state index contributed by atoms with van der Waals surface area (Å²) >= 11 is 1.33. The summed E-state index contributed by atoms with van der Waals surface area (Å²) in [4.78, 5) is 45.6. The van der Waals surface area contributed by atoms with Crippen LogP contribution < -0.4 is 20.3 Å². The van der Waals surface area contributed by atoms with Crippen molar-refractivity contribution in [2.45, 2.75) is 67.5 Å². The van der Waals surface area contributed by atoms with Gasteiger partial charge in [0, 0.05) is 30.9 Å². The van der Waals surface area contributed by atoms with E-state index in [1.54, 1.807) is 11.1 Å². The lowest BCUT2D eigenvalue weighted by Crippen LogP contribution is -2.53. The zero-order chi connectivity index (χ0) is 25.7. The van der Waals surface area contributed by atoms with Crippen molar-refractivity contribution in [3.63, 3.8) is 0 Å². The number of ether oxygens (including phenoxy) is 1. The molecule has 11 heteroatoms. The summed E-state index contributed by atoms with van der Waals surface area (Å²) in [5.41, 5.74) is 3.21. The molecule has 1 aromatic heterocycles. The second kappa shape index (κ2) is 9.44. The van der Waals surface area contributed by atoms with Gasteiger partial charge in [-0.3, -0.25) is 9.69 Å². The molecule has 4 heterocycles. The highest BCUT2D eigenvalue weighted by Crippen LogP contribution is 2.51. The van der Waals surface area contributed by atoms with E-state index in [9.17, 15) is 19.5 Å². The second-order valence-electron chi connectivity index (χ2n) is 10.0. The van der Waals surface area contributed by atoms with Gasteiger partial charge in [0.15, 0.2) is 0 Å². The predicted molar refractivity (Wildman–Crippen MR) is 138 cm³/mol. The summed E-state index contributed by atoms with van der Waals surface area (Å²) in [5, 5.41) is 15.5. The number of hydrogen-bond acceptors (Lipinski definition) is 6. The third-order valence-electron chi connectivity index (χ3n) is 7.57. The maximum absolute atomic E-state index is 13.4. The molecule has 3 atom stereocenters. The molecule has 0 radical (unpaired) electrons. The van der Waals surface area contributed by atoms with Crippen LogP contribution in [0.1, 0.15) is 49.3 Å². The number of pyridine rings is 1. The van der Waals surface area contributed by atoms with Gasteiger partial charge >= 0.3 is 12.1 Å². The van der Waals surface area contributed by atoms with E-state index in [0.29, 0.717) is 30.1 Å². The first-order valence-electron chi connectivity index (χ1n) is 12.7. The minimum atomic E-state index is -0.979. The van der Waals surface area contributed by atoms with Crippen LogP contribution in [-0.4, -0.2) is 63.5 Å². The first kappa shape index (κ1) is 23.9. The van der Waals surface area contributed by atoms with Crippen molar-refractivity contribution < 1.29 is 24.2 Å². The SMILES string of the molecule is Cc1cc(OC2CCC2)ccc1N1C(=O)NC2c3c1ccnc3SC2C(=O)N[C@@H]1CCCN(C(=O)O)C1. The van der Waals surface area contributed by atoms with Crippen LogP contribution in [0, 0.1) is 6.92 Å². The van der Waals surface area contributed by atoms with Crippen molar-refractivity contribution in [2.24, 2.45) is 0 Å².